The SMILES string of the molecule is CC1CCCCCN1C(CN)c1ccccc1F. The Morgan fingerprint density at radius 3 is 2.83 bits per heavy atom. The van der Waals surface area contributed by atoms with Gasteiger partial charge in [-0.05, 0) is 32.4 Å². The molecular formula is C15H23FN2. The van der Waals surface area contributed by atoms with Gasteiger partial charge in [0.1, 0.15) is 5.82 Å². The Balaban J connectivity index is 2.24. The highest BCUT2D eigenvalue weighted by Crippen LogP contribution is 2.28. The molecule has 3 heteroatoms. The molecule has 2 rings (SSSR count). The van der Waals surface area contributed by atoms with Gasteiger partial charge in [0.15, 0.2) is 0 Å². The highest BCUT2D eigenvalue weighted by atomic mass is 19.1. The Kier molecular flexibility index (Phi) is 4.72. The zero-order valence-electron chi connectivity index (χ0n) is 11.1. The van der Waals surface area contributed by atoms with Gasteiger partial charge in [-0.2, -0.15) is 0 Å². The lowest BCUT2D eigenvalue weighted by Crippen LogP contribution is -2.40. The minimum absolute atomic E-state index is 0.0132. The van der Waals surface area contributed by atoms with E-state index in [1.807, 2.05) is 12.1 Å². The van der Waals surface area contributed by atoms with Crippen LogP contribution in [0.3, 0.4) is 0 Å². The monoisotopic (exact) mass is 250 g/mol. The van der Waals surface area contributed by atoms with Crippen LogP contribution in [0.25, 0.3) is 0 Å². The van der Waals surface area contributed by atoms with E-state index < -0.39 is 0 Å². The van der Waals surface area contributed by atoms with Crippen LogP contribution in [0, 0.1) is 5.82 Å². The van der Waals surface area contributed by atoms with Crippen molar-refractivity contribution in [2.45, 2.75) is 44.7 Å². The summed E-state index contributed by atoms with van der Waals surface area (Å²) >= 11 is 0. The first-order valence-electron chi connectivity index (χ1n) is 6.94. The first-order valence-corrected chi connectivity index (χ1v) is 6.94. The minimum atomic E-state index is -0.135. The molecule has 1 aliphatic rings. The van der Waals surface area contributed by atoms with Gasteiger partial charge in [0, 0.05) is 18.2 Å². The fourth-order valence-electron chi connectivity index (χ4n) is 2.95. The van der Waals surface area contributed by atoms with Crippen LogP contribution < -0.4 is 5.73 Å². The molecule has 0 aromatic heterocycles. The lowest BCUT2D eigenvalue weighted by Gasteiger charge is -2.35. The van der Waals surface area contributed by atoms with Crippen molar-refractivity contribution in [2.24, 2.45) is 5.73 Å². The molecule has 0 spiro atoms. The van der Waals surface area contributed by atoms with E-state index in [0.717, 1.165) is 12.1 Å². The zero-order chi connectivity index (χ0) is 13.0. The minimum Gasteiger partial charge on any atom is -0.329 e. The summed E-state index contributed by atoms with van der Waals surface area (Å²) in [5, 5.41) is 0. The largest absolute Gasteiger partial charge is 0.329 e. The molecule has 2 nitrogen and oxygen atoms in total. The summed E-state index contributed by atoms with van der Waals surface area (Å²) in [6.07, 6.45) is 4.92. The van der Waals surface area contributed by atoms with Crippen LogP contribution in [-0.2, 0) is 0 Å². The number of rotatable bonds is 3. The number of nitrogens with two attached hydrogens (primary N) is 1. The highest BCUT2D eigenvalue weighted by molar-refractivity contribution is 5.22. The summed E-state index contributed by atoms with van der Waals surface area (Å²) in [5.74, 6) is -0.135. The molecule has 0 saturated carbocycles. The van der Waals surface area contributed by atoms with Crippen molar-refractivity contribution in [1.29, 1.82) is 0 Å². The van der Waals surface area contributed by atoms with Gasteiger partial charge in [-0.15, -0.1) is 0 Å². The Labute approximate surface area is 109 Å². The Morgan fingerprint density at radius 1 is 1.33 bits per heavy atom. The van der Waals surface area contributed by atoms with Crippen molar-refractivity contribution < 1.29 is 4.39 Å². The number of nitrogens with zero attached hydrogens (tertiary/aromatic N) is 1. The average molecular weight is 250 g/mol. The van der Waals surface area contributed by atoms with Crippen molar-refractivity contribution in [3.63, 3.8) is 0 Å². The van der Waals surface area contributed by atoms with Gasteiger partial charge in [-0.3, -0.25) is 4.90 Å². The van der Waals surface area contributed by atoms with Gasteiger partial charge in [-0.25, -0.2) is 4.39 Å². The van der Waals surface area contributed by atoms with Gasteiger partial charge < -0.3 is 5.73 Å². The first-order chi connectivity index (χ1) is 8.74. The summed E-state index contributed by atoms with van der Waals surface area (Å²) in [7, 11) is 0. The molecule has 2 N–H and O–H groups in total. The Bertz CT molecular complexity index is 381. The van der Waals surface area contributed by atoms with Crippen molar-refractivity contribution in [2.75, 3.05) is 13.1 Å². The summed E-state index contributed by atoms with van der Waals surface area (Å²) in [6.45, 7) is 3.73. The molecule has 0 amide bonds. The topological polar surface area (TPSA) is 29.3 Å². The molecule has 2 unspecified atom stereocenters. The lowest BCUT2D eigenvalue weighted by molar-refractivity contribution is 0.148. The first kappa shape index (κ1) is 13.5. The molecule has 1 heterocycles. The van der Waals surface area contributed by atoms with Crippen LogP contribution in [0.1, 0.15) is 44.2 Å². The number of benzene rings is 1. The molecule has 1 aromatic carbocycles. The summed E-state index contributed by atoms with van der Waals surface area (Å²) < 4.78 is 13.9. The maximum absolute atomic E-state index is 13.9. The van der Waals surface area contributed by atoms with E-state index in [4.69, 9.17) is 5.73 Å². The fraction of sp³-hybridized carbons (Fsp3) is 0.600. The van der Waals surface area contributed by atoms with Crippen LogP contribution in [0.4, 0.5) is 4.39 Å². The van der Waals surface area contributed by atoms with E-state index in [2.05, 4.69) is 11.8 Å². The molecule has 1 aliphatic heterocycles. The smallest absolute Gasteiger partial charge is 0.128 e. The van der Waals surface area contributed by atoms with Gasteiger partial charge in [0.05, 0.1) is 6.04 Å². The maximum atomic E-state index is 13.9. The third kappa shape index (κ3) is 2.90. The normalized spacial score (nSPS) is 23.6. The molecule has 0 bridgehead atoms. The van der Waals surface area contributed by atoms with Crippen LogP contribution in [0.2, 0.25) is 0 Å². The average Bonchev–Trinajstić information content (AvgIpc) is 2.58. The Morgan fingerprint density at radius 2 is 2.11 bits per heavy atom. The van der Waals surface area contributed by atoms with Gasteiger partial charge in [0.2, 0.25) is 0 Å². The Hall–Kier alpha value is -0.930. The molecule has 2 atom stereocenters. The molecule has 0 aliphatic carbocycles. The van der Waals surface area contributed by atoms with Crippen LogP contribution in [-0.4, -0.2) is 24.0 Å². The quantitative estimate of drug-likeness (QED) is 0.893. The molecule has 100 valence electrons. The predicted octanol–water partition coefficient (Wildman–Crippen LogP) is 3.09. The number of hydrogen-bond donors (Lipinski definition) is 1. The second kappa shape index (κ2) is 6.30. The fourth-order valence-corrected chi connectivity index (χ4v) is 2.95. The van der Waals surface area contributed by atoms with E-state index >= 15 is 0 Å². The number of likely N-dealkylation sites (tertiary alicyclic amines) is 1. The molecule has 0 radical (unpaired) electrons. The molecular weight excluding hydrogens is 227 g/mol. The third-order valence-electron chi connectivity index (χ3n) is 3.99. The van der Waals surface area contributed by atoms with Gasteiger partial charge in [-0.1, -0.05) is 31.0 Å². The zero-order valence-corrected chi connectivity index (χ0v) is 11.1. The van der Waals surface area contributed by atoms with Crippen LogP contribution >= 0.6 is 0 Å². The highest BCUT2D eigenvalue weighted by Gasteiger charge is 2.26. The molecule has 1 aromatic rings. The summed E-state index contributed by atoms with van der Waals surface area (Å²) in [4.78, 5) is 2.38. The van der Waals surface area contributed by atoms with Crippen LogP contribution in [0.15, 0.2) is 24.3 Å². The lowest BCUT2D eigenvalue weighted by atomic mass is 10.0. The van der Waals surface area contributed by atoms with E-state index in [0.29, 0.717) is 12.6 Å². The van der Waals surface area contributed by atoms with Gasteiger partial charge >= 0.3 is 0 Å². The van der Waals surface area contributed by atoms with E-state index in [9.17, 15) is 4.39 Å². The standard InChI is InChI=1S/C15H23FN2/c1-12-7-3-2-6-10-18(12)15(11-17)13-8-4-5-9-14(13)16/h4-5,8-9,12,15H,2-3,6-7,10-11,17H2,1H3. The van der Waals surface area contributed by atoms with Crippen molar-refractivity contribution in [3.8, 4) is 0 Å². The number of halogens is 1. The second-order valence-corrected chi connectivity index (χ2v) is 5.21. The molecule has 18 heavy (non-hydrogen) atoms. The molecule has 1 saturated heterocycles. The van der Waals surface area contributed by atoms with E-state index in [1.165, 1.54) is 31.7 Å². The van der Waals surface area contributed by atoms with Crippen LogP contribution in [0.5, 0.6) is 0 Å². The second-order valence-electron chi connectivity index (χ2n) is 5.21. The summed E-state index contributed by atoms with van der Waals surface area (Å²) in [5.41, 5.74) is 6.65. The van der Waals surface area contributed by atoms with Gasteiger partial charge in [0.25, 0.3) is 0 Å². The van der Waals surface area contributed by atoms with E-state index in [1.54, 1.807) is 6.07 Å². The van der Waals surface area contributed by atoms with Crippen molar-refractivity contribution in [3.05, 3.63) is 35.6 Å². The third-order valence-corrected chi connectivity index (χ3v) is 3.99. The van der Waals surface area contributed by atoms with E-state index in [-0.39, 0.29) is 11.9 Å². The van der Waals surface area contributed by atoms with Crippen molar-refractivity contribution >= 4 is 0 Å². The number of hydrogen-bond acceptors (Lipinski definition) is 2. The maximum Gasteiger partial charge on any atom is 0.128 e. The molecule has 1 fully saturated rings. The predicted molar refractivity (Wildman–Crippen MR) is 72.8 cm³/mol. The summed E-state index contributed by atoms with van der Waals surface area (Å²) in [6, 6.07) is 7.52. The van der Waals surface area contributed by atoms with Crippen molar-refractivity contribution in [1.82, 2.24) is 4.90 Å².